The van der Waals surface area contributed by atoms with Gasteiger partial charge in [0.2, 0.25) is 0 Å². The number of halogens is 1. The highest BCUT2D eigenvalue weighted by molar-refractivity contribution is 9.10. The molecule has 4 aromatic rings. The molecule has 7 heteroatoms. The van der Waals surface area contributed by atoms with Crippen LogP contribution in [0.3, 0.4) is 0 Å². The smallest absolute Gasteiger partial charge is 0.309 e. The molecule has 1 N–H and O–H groups in total. The van der Waals surface area contributed by atoms with Crippen LogP contribution in [0.1, 0.15) is 27.4 Å². The van der Waals surface area contributed by atoms with Crippen LogP contribution in [0.5, 0.6) is 0 Å². The molecule has 2 aromatic heterocycles. The van der Waals surface area contributed by atoms with Gasteiger partial charge in [0.25, 0.3) is 5.89 Å². The Labute approximate surface area is 163 Å². The normalized spacial score (nSPS) is 11.1. The number of fused-ring (bicyclic) bond motifs is 1. The van der Waals surface area contributed by atoms with Gasteiger partial charge in [-0.2, -0.15) is 0 Å². The molecule has 136 valence electrons. The van der Waals surface area contributed by atoms with Crippen molar-refractivity contribution in [2.75, 3.05) is 0 Å². The highest BCUT2D eigenvalue weighted by Gasteiger charge is 2.21. The first-order chi connectivity index (χ1) is 13.0. The first kappa shape index (κ1) is 17.5. The van der Waals surface area contributed by atoms with E-state index >= 15 is 0 Å². The van der Waals surface area contributed by atoms with Gasteiger partial charge in [-0.05, 0) is 43.7 Å². The lowest BCUT2D eigenvalue weighted by atomic mass is 10.1. The predicted molar refractivity (Wildman–Crippen MR) is 104 cm³/mol. The van der Waals surface area contributed by atoms with Gasteiger partial charge in [0.15, 0.2) is 5.76 Å². The minimum Gasteiger partial charge on any atom is -0.451 e. The molecule has 0 aliphatic heterocycles. The number of benzene rings is 2. The second-order valence-corrected chi connectivity index (χ2v) is 7.20. The van der Waals surface area contributed by atoms with Crippen LogP contribution in [-0.2, 0) is 6.54 Å². The minimum absolute atomic E-state index is 0.101. The molecule has 1 amide bonds. The average Bonchev–Trinajstić information content (AvgIpc) is 3.25. The van der Waals surface area contributed by atoms with Crippen LogP contribution in [0.25, 0.3) is 22.6 Å². The fourth-order valence-corrected chi connectivity index (χ4v) is 3.30. The van der Waals surface area contributed by atoms with Crippen LogP contribution < -0.4 is 5.32 Å². The molecule has 0 spiro atoms. The molecule has 0 atom stereocenters. The summed E-state index contributed by atoms with van der Waals surface area (Å²) in [5.41, 5.74) is 3.74. The van der Waals surface area contributed by atoms with Crippen LogP contribution >= 0.6 is 15.9 Å². The second-order valence-electron chi connectivity index (χ2n) is 6.28. The lowest BCUT2D eigenvalue weighted by Crippen LogP contribution is -2.23. The van der Waals surface area contributed by atoms with Crippen molar-refractivity contribution >= 4 is 32.8 Å². The summed E-state index contributed by atoms with van der Waals surface area (Å²) < 4.78 is 12.3. The third kappa shape index (κ3) is 3.50. The number of rotatable bonds is 4. The van der Waals surface area contributed by atoms with Crippen molar-refractivity contribution in [3.05, 3.63) is 69.5 Å². The quantitative estimate of drug-likeness (QED) is 0.508. The van der Waals surface area contributed by atoms with Crippen molar-refractivity contribution in [2.45, 2.75) is 20.4 Å². The number of amides is 1. The Hall–Kier alpha value is -2.93. The maximum Gasteiger partial charge on any atom is 0.309 e. The standard InChI is InChI=1S/C20H16BrN3O3/c1-11-6-7-16-15(8-11)12(2)17(26-16)19-23-24-20(27-19)18(25)22-10-13-4-3-5-14(21)9-13/h3-9H,10H2,1-2H3,(H,22,25). The zero-order valence-corrected chi connectivity index (χ0v) is 16.3. The van der Waals surface area contributed by atoms with Crippen molar-refractivity contribution < 1.29 is 13.6 Å². The number of aryl methyl sites for hydroxylation is 2. The summed E-state index contributed by atoms with van der Waals surface area (Å²) in [6.07, 6.45) is 0. The Bertz CT molecular complexity index is 1150. The molecular formula is C20H16BrN3O3. The first-order valence-corrected chi connectivity index (χ1v) is 9.17. The van der Waals surface area contributed by atoms with Gasteiger partial charge >= 0.3 is 11.8 Å². The molecule has 2 heterocycles. The van der Waals surface area contributed by atoms with Gasteiger partial charge in [-0.15, -0.1) is 10.2 Å². The molecule has 4 rings (SSSR count). The third-order valence-electron chi connectivity index (χ3n) is 4.25. The molecule has 0 unspecified atom stereocenters. The van der Waals surface area contributed by atoms with E-state index in [2.05, 4.69) is 31.4 Å². The summed E-state index contributed by atoms with van der Waals surface area (Å²) in [7, 11) is 0. The van der Waals surface area contributed by atoms with Crippen molar-refractivity contribution in [1.82, 2.24) is 15.5 Å². The number of hydrogen-bond donors (Lipinski definition) is 1. The van der Waals surface area contributed by atoms with E-state index in [-0.39, 0.29) is 11.8 Å². The maximum atomic E-state index is 12.3. The number of aromatic nitrogens is 2. The number of hydrogen-bond acceptors (Lipinski definition) is 5. The summed E-state index contributed by atoms with van der Waals surface area (Å²) in [5, 5.41) is 11.6. The van der Waals surface area contributed by atoms with Crippen molar-refractivity contribution in [1.29, 1.82) is 0 Å². The van der Waals surface area contributed by atoms with Gasteiger partial charge in [-0.25, -0.2) is 0 Å². The monoisotopic (exact) mass is 425 g/mol. The topological polar surface area (TPSA) is 81.2 Å². The van der Waals surface area contributed by atoms with Crippen LogP contribution in [0.15, 0.2) is 55.8 Å². The lowest BCUT2D eigenvalue weighted by molar-refractivity contribution is 0.0916. The van der Waals surface area contributed by atoms with Crippen LogP contribution in [0, 0.1) is 13.8 Å². The van der Waals surface area contributed by atoms with Gasteiger partial charge in [0, 0.05) is 22.0 Å². The first-order valence-electron chi connectivity index (χ1n) is 8.37. The van der Waals surface area contributed by atoms with E-state index in [4.69, 9.17) is 8.83 Å². The van der Waals surface area contributed by atoms with E-state index in [9.17, 15) is 4.79 Å². The summed E-state index contributed by atoms with van der Waals surface area (Å²) in [6.45, 7) is 4.31. The average molecular weight is 426 g/mol. The highest BCUT2D eigenvalue weighted by atomic mass is 79.9. The van der Waals surface area contributed by atoms with E-state index in [1.165, 1.54) is 0 Å². The molecule has 6 nitrogen and oxygen atoms in total. The van der Waals surface area contributed by atoms with E-state index in [0.29, 0.717) is 12.3 Å². The Balaban J connectivity index is 1.54. The van der Waals surface area contributed by atoms with Gasteiger partial charge in [-0.1, -0.05) is 39.7 Å². The summed E-state index contributed by atoms with van der Waals surface area (Å²) in [4.78, 5) is 12.3. The number of nitrogens with zero attached hydrogens (tertiary/aromatic N) is 2. The van der Waals surface area contributed by atoms with Crippen LogP contribution in [0.2, 0.25) is 0 Å². The fraction of sp³-hybridized carbons (Fsp3) is 0.150. The zero-order chi connectivity index (χ0) is 19.0. The second kappa shape index (κ2) is 7.00. The van der Waals surface area contributed by atoms with Gasteiger partial charge in [0.1, 0.15) is 5.58 Å². The van der Waals surface area contributed by atoms with Crippen molar-refractivity contribution in [3.63, 3.8) is 0 Å². The molecule has 0 radical (unpaired) electrons. The molecule has 0 fully saturated rings. The van der Waals surface area contributed by atoms with Gasteiger partial charge < -0.3 is 14.2 Å². The zero-order valence-electron chi connectivity index (χ0n) is 14.7. The van der Waals surface area contributed by atoms with Crippen LogP contribution in [0.4, 0.5) is 0 Å². The third-order valence-corrected chi connectivity index (χ3v) is 4.74. The molecular weight excluding hydrogens is 410 g/mol. The lowest BCUT2D eigenvalue weighted by Gasteiger charge is -2.02. The Morgan fingerprint density at radius 3 is 2.78 bits per heavy atom. The van der Waals surface area contributed by atoms with E-state index in [1.54, 1.807) is 0 Å². The molecule has 0 saturated heterocycles. The van der Waals surface area contributed by atoms with E-state index in [0.717, 1.165) is 32.1 Å². The highest BCUT2D eigenvalue weighted by Crippen LogP contribution is 2.32. The number of furan rings is 1. The van der Waals surface area contributed by atoms with E-state index < -0.39 is 5.91 Å². The largest absolute Gasteiger partial charge is 0.451 e. The Kier molecular flexibility index (Phi) is 4.53. The number of carbonyl (C=O) groups is 1. The predicted octanol–water partition coefficient (Wildman–Crippen LogP) is 4.79. The molecule has 0 bridgehead atoms. The van der Waals surface area contributed by atoms with Crippen molar-refractivity contribution in [3.8, 4) is 11.7 Å². The van der Waals surface area contributed by atoms with Gasteiger partial charge in [0.05, 0.1) is 0 Å². The molecule has 0 saturated carbocycles. The Morgan fingerprint density at radius 2 is 1.96 bits per heavy atom. The molecule has 0 aliphatic carbocycles. The minimum atomic E-state index is -0.432. The SMILES string of the molecule is Cc1ccc2oc(-c3nnc(C(=O)NCc4cccc(Br)c4)o3)c(C)c2c1. The Morgan fingerprint density at radius 1 is 1.11 bits per heavy atom. The van der Waals surface area contributed by atoms with Crippen molar-refractivity contribution in [2.24, 2.45) is 0 Å². The van der Waals surface area contributed by atoms with E-state index in [1.807, 2.05) is 56.3 Å². The summed E-state index contributed by atoms with van der Waals surface area (Å²) in [6, 6.07) is 13.6. The molecule has 27 heavy (non-hydrogen) atoms. The molecule has 0 aliphatic rings. The number of carbonyl (C=O) groups excluding carboxylic acids is 1. The molecule has 2 aromatic carbocycles. The van der Waals surface area contributed by atoms with Crippen LogP contribution in [-0.4, -0.2) is 16.1 Å². The summed E-state index contributed by atoms with van der Waals surface area (Å²) in [5.74, 6) is 0.137. The number of nitrogens with one attached hydrogen (secondary N) is 1. The summed E-state index contributed by atoms with van der Waals surface area (Å²) >= 11 is 3.40. The maximum absolute atomic E-state index is 12.3. The van der Waals surface area contributed by atoms with Gasteiger partial charge in [-0.3, -0.25) is 4.79 Å². The fourth-order valence-electron chi connectivity index (χ4n) is 2.85.